The predicted octanol–water partition coefficient (Wildman–Crippen LogP) is 2.42. The van der Waals surface area contributed by atoms with E-state index in [1.165, 1.54) is 19.3 Å². The van der Waals surface area contributed by atoms with Crippen molar-refractivity contribution in [2.75, 3.05) is 6.54 Å². The lowest BCUT2D eigenvalue weighted by Crippen LogP contribution is -2.28. The van der Waals surface area contributed by atoms with E-state index in [1.54, 1.807) is 0 Å². The van der Waals surface area contributed by atoms with Crippen molar-refractivity contribution in [3.05, 3.63) is 0 Å². The Bertz CT molecular complexity index is 111. The summed E-state index contributed by atoms with van der Waals surface area (Å²) in [7, 11) is 0. The van der Waals surface area contributed by atoms with Crippen LogP contribution in [-0.4, -0.2) is 12.6 Å². The van der Waals surface area contributed by atoms with E-state index >= 15 is 0 Å². The van der Waals surface area contributed by atoms with Crippen molar-refractivity contribution in [2.45, 2.75) is 46.1 Å². The first-order valence-corrected chi connectivity index (χ1v) is 5.03. The summed E-state index contributed by atoms with van der Waals surface area (Å²) in [6.45, 7) is 7.92. The Hall–Kier alpha value is -0.0400. The molecule has 11 heavy (non-hydrogen) atoms. The Morgan fingerprint density at radius 3 is 2.73 bits per heavy atom. The van der Waals surface area contributed by atoms with Gasteiger partial charge in [0, 0.05) is 6.04 Å². The normalized spacial score (nSPS) is 31.9. The lowest BCUT2D eigenvalue weighted by Gasteiger charge is -2.10. The number of rotatable bonds is 5. The second kappa shape index (κ2) is 4.10. The van der Waals surface area contributed by atoms with Gasteiger partial charge in [-0.05, 0) is 31.7 Å². The fourth-order valence-corrected chi connectivity index (χ4v) is 2.06. The van der Waals surface area contributed by atoms with E-state index < -0.39 is 0 Å². The molecule has 0 aromatic heterocycles. The Labute approximate surface area is 70.6 Å². The zero-order valence-electron chi connectivity index (χ0n) is 8.06. The zero-order chi connectivity index (χ0) is 8.27. The number of hydrogen-bond acceptors (Lipinski definition) is 1. The van der Waals surface area contributed by atoms with Crippen molar-refractivity contribution in [3.8, 4) is 0 Å². The molecule has 1 aliphatic rings. The first-order valence-electron chi connectivity index (χ1n) is 5.03. The van der Waals surface area contributed by atoms with Gasteiger partial charge in [-0.2, -0.15) is 0 Å². The summed E-state index contributed by atoms with van der Waals surface area (Å²) in [5.41, 5.74) is 0. The topological polar surface area (TPSA) is 12.0 Å². The second-order valence-corrected chi connectivity index (χ2v) is 3.79. The minimum Gasteiger partial charge on any atom is -0.314 e. The van der Waals surface area contributed by atoms with Crippen LogP contribution in [0.3, 0.4) is 0 Å². The average molecular weight is 155 g/mol. The van der Waals surface area contributed by atoms with Crippen LogP contribution in [0.1, 0.15) is 40.0 Å². The molecule has 3 atom stereocenters. The van der Waals surface area contributed by atoms with Crippen LogP contribution in [0.5, 0.6) is 0 Å². The number of hydrogen-bond donors (Lipinski definition) is 1. The molecule has 0 heterocycles. The maximum Gasteiger partial charge on any atom is 0.00696 e. The molecule has 0 aliphatic heterocycles. The lowest BCUT2D eigenvalue weighted by atomic mass is 10.1. The monoisotopic (exact) mass is 155 g/mol. The Kier molecular flexibility index (Phi) is 3.38. The van der Waals surface area contributed by atoms with E-state index in [-0.39, 0.29) is 0 Å². The summed E-state index contributed by atoms with van der Waals surface area (Å²) in [4.78, 5) is 0. The molecular weight excluding hydrogens is 134 g/mol. The van der Waals surface area contributed by atoms with Crippen molar-refractivity contribution in [1.82, 2.24) is 5.32 Å². The minimum absolute atomic E-state index is 0.761. The molecule has 3 unspecified atom stereocenters. The van der Waals surface area contributed by atoms with Gasteiger partial charge in [0.15, 0.2) is 0 Å². The predicted molar refractivity (Wildman–Crippen MR) is 49.6 cm³/mol. The fraction of sp³-hybridized carbons (Fsp3) is 1.00. The molecule has 0 aromatic rings. The first kappa shape index (κ1) is 9.05. The van der Waals surface area contributed by atoms with Crippen molar-refractivity contribution in [3.63, 3.8) is 0 Å². The van der Waals surface area contributed by atoms with Gasteiger partial charge in [-0.3, -0.25) is 0 Å². The molecule has 0 bridgehead atoms. The van der Waals surface area contributed by atoms with Gasteiger partial charge in [0.1, 0.15) is 0 Å². The van der Waals surface area contributed by atoms with Crippen LogP contribution >= 0.6 is 0 Å². The third kappa shape index (κ3) is 2.48. The molecule has 0 aromatic carbocycles. The highest BCUT2D eigenvalue weighted by atomic mass is 14.9. The SMILES string of the molecule is CCCC1CC1C(C)NCC. The van der Waals surface area contributed by atoms with Crippen LogP contribution in [0, 0.1) is 11.8 Å². The van der Waals surface area contributed by atoms with Gasteiger partial charge in [0.2, 0.25) is 0 Å². The van der Waals surface area contributed by atoms with Gasteiger partial charge in [-0.25, -0.2) is 0 Å². The quantitative estimate of drug-likeness (QED) is 0.643. The van der Waals surface area contributed by atoms with Crippen molar-refractivity contribution in [1.29, 1.82) is 0 Å². The zero-order valence-corrected chi connectivity index (χ0v) is 8.06. The minimum atomic E-state index is 0.761. The van der Waals surface area contributed by atoms with Crippen molar-refractivity contribution in [2.24, 2.45) is 11.8 Å². The van der Waals surface area contributed by atoms with E-state index in [0.29, 0.717) is 0 Å². The maximum atomic E-state index is 3.50. The molecule has 1 aliphatic carbocycles. The van der Waals surface area contributed by atoms with Gasteiger partial charge in [-0.1, -0.05) is 26.7 Å². The summed E-state index contributed by atoms with van der Waals surface area (Å²) >= 11 is 0. The molecule has 0 amide bonds. The summed E-state index contributed by atoms with van der Waals surface area (Å²) in [6.07, 6.45) is 4.28. The Balaban J connectivity index is 2.10. The van der Waals surface area contributed by atoms with Gasteiger partial charge in [0.05, 0.1) is 0 Å². The lowest BCUT2D eigenvalue weighted by molar-refractivity contribution is 0.473. The Morgan fingerprint density at radius 2 is 2.18 bits per heavy atom. The van der Waals surface area contributed by atoms with Crippen molar-refractivity contribution < 1.29 is 0 Å². The standard InChI is InChI=1S/C10H21N/c1-4-6-9-7-10(9)8(3)11-5-2/h8-11H,4-7H2,1-3H3. The van der Waals surface area contributed by atoms with Crippen LogP contribution < -0.4 is 5.32 Å². The van der Waals surface area contributed by atoms with Gasteiger partial charge in [0.25, 0.3) is 0 Å². The third-order valence-electron chi connectivity index (χ3n) is 2.81. The molecule has 1 N–H and O–H groups in total. The number of nitrogens with one attached hydrogen (secondary N) is 1. The van der Waals surface area contributed by atoms with Crippen LogP contribution in [0.2, 0.25) is 0 Å². The van der Waals surface area contributed by atoms with E-state index in [4.69, 9.17) is 0 Å². The van der Waals surface area contributed by atoms with E-state index in [1.807, 2.05) is 0 Å². The van der Waals surface area contributed by atoms with Crippen LogP contribution in [-0.2, 0) is 0 Å². The van der Waals surface area contributed by atoms with Gasteiger partial charge < -0.3 is 5.32 Å². The summed E-state index contributed by atoms with van der Waals surface area (Å²) in [5, 5.41) is 3.50. The van der Waals surface area contributed by atoms with Gasteiger partial charge >= 0.3 is 0 Å². The Morgan fingerprint density at radius 1 is 1.45 bits per heavy atom. The highest BCUT2D eigenvalue weighted by Gasteiger charge is 2.39. The molecule has 1 rings (SSSR count). The third-order valence-corrected chi connectivity index (χ3v) is 2.81. The highest BCUT2D eigenvalue weighted by molar-refractivity contribution is 4.92. The molecule has 0 radical (unpaired) electrons. The summed E-state index contributed by atoms with van der Waals surface area (Å²) in [6, 6.07) is 0.761. The van der Waals surface area contributed by atoms with Crippen molar-refractivity contribution >= 4 is 0 Å². The van der Waals surface area contributed by atoms with E-state index in [0.717, 1.165) is 24.4 Å². The molecule has 1 fully saturated rings. The van der Waals surface area contributed by atoms with Crippen LogP contribution in [0.15, 0.2) is 0 Å². The average Bonchev–Trinajstić information content (AvgIpc) is 2.69. The van der Waals surface area contributed by atoms with Crippen LogP contribution in [0.25, 0.3) is 0 Å². The molecule has 1 saturated carbocycles. The van der Waals surface area contributed by atoms with Gasteiger partial charge in [-0.15, -0.1) is 0 Å². The molecular formula is C10H21N. The summed E-state index contributed by atoms with van der Waals surface area (Å²) in [5.74, 6) is 2.05. The second-order valence-electron chi connectivity index (χ2n) is 3.79. The van der Waals surface area contributed by atoms with Crippen LogP contribution in [0.4, 0.5) is 0 Å². The smallest absolute Gasteiger partial charge is 0.00696 e. The molecule has 1 nitrogen and oxygen atoms in total. The maximum absolute atomic E-state index is 3.50. The van der Waals surface area contributed by atoms with E-state index in [2.05, 4.69) is 26.1 Å². The fourth-order valence-electron chi connectivity index (χ4n) is 2.06. The highest BCUT2D eigenvalue weighted by Crippen LogP contribution is 2.44. The molecule has 0 spiro atoms. The molecule has 66 valence electrons. The largest absolute Gasteiger partial charge is 0.314 e. The first-order chi connectivity index (χ1) is 5.29. The van der Waals surface area contributed by atoms with E-state index in [9.17, 15) is 0 Å². The summed E-state index contributed by atoms with van der Waals surface area (Å²) < 4.78 is 0. The molecule has 1 heteroatoms. The molecule has 0 saturated heterocycles.